The number of benzene rings is 3. The molecule has 0 heterocycles. The van der Waals surface area contributed by atoms with Gasteiger partial charge in [0.1, 0.15) is 12.4 Å². The summed E-state index contributed by atoms with van der Waals surface area (Å²) in [4.78, 5) is 12.4. The molecule has 0 spiro atoms. The van der Waals surface area contributed by atoms with E-state index in [0.717, 1.165) is 58.4 Å². The largest absolute Gasteiger partial charge is 0.416 e. The molecule has 10 heteroatoms. The number of carbonyl (C=O) groups excluding carboxylic acids is 1. The third-order valence-corrected chi connectivity index (χ3v) is 6.29. The second kappa shape index (κ2) is 8.99. The number of rotatable bonds is 6. The highest BCUT2D eigenvalue weighted by molar-refractivity contribution is 7.92. The predicted octanol–water partition coefficient (Wildman–Crippen LogP) is 4.99. The van der Waals surface area contributed by atoms with E-state index in [0.29, 0.717) is 0 Å². The van der Waals surface area contributed by atoms with Gasteiger partial charge in [0.2, 0.25) is 5.91 Å². The lowest BCUT2D eigenvalue weighted by Gasteiger charge is -2.24. The van der Waals surface area contributed by atoms with Gasteiger partial charge >= 0.3 is 6.18 Å². The number of hydrogen-bond acceptors (Lipinski definition) is 3. The maximum absolute atomic E-state index is 13.3. The summed E-state index contributed by atoms with van der Waals surface area (Å²) in [6.07, 6.45) is -4.52. The van der Waals surface area contributed by atoms with E-state index in [1.807, 2.05) is 0 Å². The van der Waals surface area contributed by atoms with Crippen molar-refractivity contribution in [1.29, 1.82) is 0 Å². The molecule has 32 heavy (non-hydrogen) atoms. The van der Waals surface area contributed by atoms with Gasteiger partial charge in [-0.2, -0.15) is 13.2 Å². The minimum absolute atomic E-state index is 0.0750. The molecule has 0 radical (unpaired) electrons. The van der Waals surface area contributed by atoms with Gasteiger partial charge in [-0.3, -0.25) is 9.10 Å². The van der Waals surface area contributed by atoms with E-state index >= 15 is 0 Å². The highest BCUT2D eigenvalue weighted by Gasteiger charge is 2.30. The molecule has 0 unspecified atom stereocenters. The molecule has 3 aromatic carbocycles. The van der Waals surface area contributed by atoms with Gasteiger partial charge in [-0.15, -0.1) is 0 Å². The number of halogens is 4. The lowest BCUT2D eigenvalue weighted by atomic mass is 10.2. The van der Waals surface area contributed by atoms with Gasteiger partial charge in [0, 0.05) is 5.69 Å². The summed E-state index contributed by atoms with van der Waals surface area (Å²) < 4.78 is 78.6. The van der Waals surface area contributed by atoms with E-state index in [2.05, 4.69) is 5.32 Å². The Balaban J connectivity index is 1.88. The average molecular weight is 466 g/mol. The van der Waals surface area contributed by atoms with Gasteiger partial charge in [0.25, 0.3) is 10.0 Å². The summed E-state index contributed by atoms with van der Waals surface area (Å²) in [7, 11) is -4.24. The summed E-state index contributed by atoms with van der Waals surface area (Å²) in [6.45, 7) is 1.16. The monoisotopic (exact) mass is 466 g/mol. The first-order valence-electron chi connectivity index (χ1n) is 9.29. The fourth-order valence-electron chi connectivity index (χ4n) is 2.83. The first kappa shape index (κ1) is 23.3. The molecule has 0 saturated heterocycles. The fourth-order valence-corrected chi connectivity index (χ4v) is 4.25. The van der Waals surface area contributed by atoms with Crippen molar-refractivity contribution in [2.24, 2.45) is 0 Å². The molecule has 0 saturated carbocycles. The number of hydrogen-bond donors (Lipinski definition) is 1. The Morgan fingerprint density at radius 3 is 2.00 bits per heavy atom. The van der Waals surface area contributed by atoms with Crippen LogP contribution in [0.4, 0.5) is 28.9 Å². The molecular formula is C22H18F4N2O3S. The number of carbonyl (C=O) groups is 1. The van der Waals surface area contributed by atoms with Crippen molar-refractivity contribution in [1.82, 2.24) is 0 Å². The van der Waals surface area contributed by atoms with Gasteiger partial charge in [0.15, 0.2) is 0 Å². The maximum atomic E-state index is 13.3. The van der Waals surface area contributed by atoms with Crippen molar-refractivity contribution in [3.63, 3.8) is 0 Å². The van der Waals surface area contributed by atoms with Crippen molar-refractivity contribution in [3.05, 3.63) is 89.7 Å². The highest BCUT2D eigenvalue weighted by Crippen LogP contribution is 2.30. The van der Waals surface area contributed by atoms with Crippen LogP contribution in [0.1, 0.15) is 11.1 Å². The molecule has 0 atom stereocenters. The number of anilines is 2. The molecule has 1 N–H and O–H groups in total. The Labute approximate surface area is 182 Å². The second-order valence-electron chi connectivity index (χ2n) is 6.92. The van der Waals surface area contributed by atoms with E-state index in [4.69, 9.17) is 0 Å². The van der Waals surface area contributed by atoms with Crippen LogP contribution in [0.25, 0.3) is 0 Å². The van der Waals surface area contributed by atoms with Gasteiger partial charge in [-0.25, -0.2) is 12.8 Å². The van der Waals surface area contributed by atoms with Crippen LogP contribution in [-0.2, 0) is 21.0 Å². The smallest absolute Gasteiger partial charge is 0.325 e. The third kappa shape index (κ3) is 5.44. The summed E-state index contributed by atoms with van der Waals surface area (Å²) in [6, 6.07) is 14.3. The number of amides is 1. The third-order valence-electron chi connectivity index (χ3n) is 4.51. The van der Waals surface area contributed by atoms with Crippen LogP contribution in [0.2, 0.25) is 0 Å². The summed E-state index contributed by atoms with van der Waals surface area (Å²) in [5.74, 6) is -1.39. The fraction of sp³-hybridized carbons (Fsp3) is 0.136. The van der Waals surface area contributed by atoms with Crippen LogP contribution >= 0.6 is 0 Å². The van der Waals surface area contributed by atoms with E-state index < -0.39 is 40.0 Å². The molecule has 0 aliphatic rings. The van der Waals surface area contributed by atoms with Gasteiger partial charge in [-0.1, -0.05) is 17.7 Å². The van der Waals surface area contributed by atoms with Crippen LogP contribution in [0.3, 0.4) is 0 Å². The lowest BCUT2D eigenvalue weighted by Crippen LogP contribution is -2.38. The summed E-state index contributed by atoms with van der Waals surface area (Å²) >= 11 is 0. The summed E-state index contributed by atoms with van der Waals surface area (Å²) in [5, 5.41) is 2.39. The molecule has 0 aliphatic carbocycles. The Kier molecular flexibility index (Phi) is 6.54. The Bertz CT molecular complexity index is 1190. The van der Waals surface area contributed by atoms with Crippen LogP contribution in [-0.4, -0.2) is 20.9 Å². The maximum Gasteiger partial charge on any atom is 0.416 e. The minimum Gasteiger partial charge on any atom is -0.325 e. The van der Waals surface area contributed by atoms with Crippen LogP contribution < -0.4 is 9.62 Å². The second-order valence-corrected chi connectivity index (χ2v) is 8.79. The van der Waals surface area contributed by atoms with Crippen molar-refractivity contribution in [2.75, 3.05) is 16.2 Å². The van der Waals surface area contributed by atoms with Crippen LogP contribution in [0, 0.1) is 12.7 Å². The number of nitrogens with one attached hydrogen (secondary N) is 1. The Morgan fingerprint density at radius 2 is 1.47 bits per heavy atom. The predicted molar refractivity (Wildman–Crippen MR) is 112 cm³/mol. The lowest BCUT2D eigenvalue weighted by molar-refractivity contribution is -0.137. The Morgan fingerprint density at radius 1 is 0.906 bits per heavy atom. The molecule has 0 aliphatic heterocycles. The molecular weight excluding hydrogens is 448 g/mol. The normalized spacial score (nSPS) is 11.8. The van der Waals surface area contributed by atoms with Crippen molar-refractivity contribution in [2.45, 2.75) is 18.0 Å². The standard InChI is InChI=1S/C22H18F4N2O3S/c1-15-2-10-19(11-3-15)28(32(30,31)20-12-6-17(23)7-13-20)14-21(29)27-18-8-4-16(5-9-18)22(24,25)26/h2-13H,14H2,1H3,(H,27,29). The first-order valence-corrected chi connectivity index (χ1v) is 10.7. The van der Waals surface area contributed by atoms with Crippen molar-refractivity contribution >= 4 is 27.3 Å². The molecule has 1 amide bonds. The van der Waals surface area contributed by atoms with Crippen LogP contribution in [0.5, 0.6) is 0 Å². The van der Waals surface area contributed by atoms with Crippen molar-refractivity contribution in [3.8, 4) is 0 Å². The minimum atomic E-state index is -4.52. The molecule has 168 valence electrons. The zero-order chi connectivity index (χ0) is 23.5. The van der Waals surface area contributed by atoms with Gasteiger partial charge in [0.05, 0.1) is 16.1 Å². The zero-order valence-corrected chi connectivity index (χ0v) is 17.5. The SMILES string of the molecule is Cc1ccc(N(CC(=O)Nc2ccc(C(F)(F)F)cc2)S(=O)(=O)c2ccc(F)cc2)cc1. The average Bonchev–Trinajstić information content (AvgIpc) is 2.73. The topological polar surface area (TPSA) is 66.5 Å². The van der Waals surface area contributed by atoms with E-state index in [1.54, 1.807) is 19.1 Å². The molecule has 5 nitrogen and oxygen atoms in total. The molecule has 3 rings (SSSR count). The number of sulfonamides is 1. The Hall–Kier alpha value is -3.40. The number of aryl methyl sites for hydroxylation is 1. The molecule has 0 fully saturated rings. The van der Waals surface area contributed by atoms with E-state index in [1.165, 1.54) is 12.1 Å². The quantitative estimate of drug-likeness (QED) is 0.521. The molecule has 3 aromatic rings. The summed E-state index contributed by atoms with van der Waals surface area (Å²) in [5.41, 5.74) is 0.256. The van der Waals surface area contributed by atoms with E-state index in [-0.39, 0.29) is 16.3 Å². The first-order chi connectivity index (χ1) is 15.0. The number of nitrogens with zero attached hydrogens (tertiary/aromatic N) is 1. The van der Waals surface area contributed by atoms with Gasteiger partial charge in [-0.05, 0) is 67.6 Å². The molecule has 0 aromatic heterocycles. The zero-order valence-electron chi connectivity index (χ0n) is 16.7. The van der Waals surface area contributed by atoms with Crippen molar-refractivity contribution < 1.29 is 30.8 Å². The number of alkyl halides is 3. The highest BCUT2D eigenvalue weighted by atomic mass is 32.2. The van der Waals surface area contributed by atoms with E-state index in [9.17, 15) is 30.8 Å². The van der Waals surface area contributed by atoms with Crippen LogP contribution in [0.15, 0.2) is 77.7 Å². The van der Waals surface area contributed by atoms with Gasteiger partial charge < -0.3 is 5.32 Å². The molecule has 0 bridgehead atoms.